The van der Waals surface area contributed by atoms with Gasteiger partial charge in [0, 0.05) is 0 Å². The molecule has 0 atom stereocenters. The Balaban J connectivity index is 0.00000144. The molecule has 0 saturated heterocycles. The Bertz CT molecular complexity index is 294. The number of hydrogen-bond donors (Lipinski definition) is 1. The van der Waals surface area contributed by atoms with Crippen molar-refractivity contribution in [2.24, 2.45) is 15.9 Å². The van der Waals surface area contributed by atoms with Crippen molar-refractivity contribution < 1.29 is 17.1 Å². The van der Waals surface area contributed by atoms with E-state index in [2.05, 4.69) is 22.8 Å². The third kappa shape index (κ3) is 5.36. The Kier molecular flexibility index (Phi) is 6.14. The molecule has 0 spiro atoms. The van der Waals surface area contributed by atoms with Crippen LogP contribution in [-0.4, -0.2) is 11.4 Å². The van der Waals surface area contributed by atoms with Crippen LogP contribution in [0, 0.1) is 0 Å². The molecule has 1 rings (SSSR count). The molecule has 0 aliphatic heterocycles. The first-order valence-electron chi connectivity index (χ1n) is 3.37. The van der Waals surface area contributed by atoms with Crippen molar-refractivity contribution in [3.63, 3.8) is 0 Å². The summed E-state index contributed by atoms with van der Waals surface area (Å²) in [7, 11) is 0. The van der Waals surface area contributed by atoms with Crippen LogP contribution >= 0.6 is 0 Å². The smallest absolute Gasteiger partial charge is 0.741 e. The minimum absolute atomic E-state index is 0. The number of nitrogens with two attached hydrogens (primary N) is 1. The molecule has 0 amide bonds. The molecule has 0 aliphatic rings. The zero-order valence-electron chi connectivity index (χ0n) is 6.65. The molecule has 1 aromatic rings. The molecular weight excluding hydrogens is 234 g/mol. The summed E-state index contributed by atoms with van der Waals surface area (Å²) in [5.74, 6) is 0. The van der Waals surface area contributed by atoms with Crippen LogP contribution in [-0.2, 0) is 29.7 Å². The van der Waals surface area contributed by atoms with Crippen LogP contribution in [0.25, 0.3) is 0 Å². The minimum Gasteiger partial charge on any atom is -0.741 e. The van der Waals surface area contributed by atoms with E-state index in [1.54, 1.807) is 6.21 Å². The SMILES string of the molecule is N/C([S-])=N\N=Cc1ccccc1.[Cu+]. The summed E-state index contributed by atoms with van der Waals surface area (Å²) in [5.41, 5.74) is 6.08. The van der Waals surface area contributed by atoms with Gasteiger partial charge in [-0.1, -0.05) is 30.3 Å². The molecule has 0 fully saturated rings. The maximum absolute atomic E-state index is 5.11. The second kappa shape index (κ2) is 6.60. The fourth-order valence-corrected chi connectivity index (χ4v) is 0.739. The quantitative estimate of drug-likeness (QED) is 0.275. The molecule has 3 nitrogen and oxygen atoms in total. The fraction of sp³-hybridized carbons (Fsp3) is 0. The van der Waals surface area contributed by atoms with Gasteiger partial charge in [0.15, 0.2) is 0 Å². The van der Waals surface area contributed by atoms with Crippen LogP contribution in [0.1, 0.15) is 5.56 Å². The number of amidine groups is 1. The molecule has 0 aliphatic carbocycles. The standard InChI is InChI=1S/C8H9N3S.Cu/c9-8(12)11-10-6-7-4-2-1-3-5-7;/h1-6H,(H3,9,11,12);/q;+1/p-1. The molecule has 72 valence electrons. The maximum Gasteiger partial charge on any atom is 1.00 e. The Morgan fingerprint density at radius 1 is 1.31 bits per heavy atom. The van der Waals surface area contributed by atoms with Crippen LogP contribution in [0.5, 0.6) is 0 Å². The first-order valence-corrected chi connectivity index (χ1v) is 3.78. The molecule has 5 heteroatoms. The van der Waals surface area contributed by atoms with Crippen LogP contribution in [0.2, 0.25) is 0 Å². The van der Waals surface area contributed by atoms with E-state index in [1.807, 2.05) is 30.3 Å². The van der Waals surface area contributed by atoms with Gasteiger partial charge in [-0.25, -0.2) is 0 Å². The number of nitrogens with zero attached hydrogens (tertiary/aromatic N) is 2. The molecule has 0 bridgehead atoms. The van der Waals surface area contributed by atoms with Crippen molar-refractivity contribution in [1.82, 2.24) is 0 Å². The second-order valence-corrected chi connectivity index (χ2v) is 2.51. The van der Waals surface area contributed by atoms with Crippen LogP contribution < -0.4 is 5.73 Å². The van der Waals surface area contributed by atoms with Gasteiger partial charge in [0.05, 0.1) is 6.21 Å². The normalized spacial score (nSPS) is 11.2. The van der Waals surface area contributed by atoms with Gasteiger partial charge in [-0.2, -0.15) is 10.2 Å². The topological polar surface area (TPSA) is 50.7 Å². The van der Waals surface area contributed by atoms with Crippen LogP contribution in [0.4, 0.5) is 0 Å². The first kappa shape index (κ1) is 12.1. The summed E-state index contributed by atoms with van der Waals surface area (Å²) in [5, 5.41) is 7.22. The summed E-state index contributed by atoms with van der Waals surface area (Å²) in [6, 6.07) is 9.60. The molecular formula is C8H8CuN3S. The van der Waals surface area contributed by atoms with Crippen molar-refractivity contribution in [3.8, 4) is 0 Å². The predicted octanol–water partition coefficient (Wildman–Crippen LogP) is 0.880. The van der Waals surface area contributed by atoms with E-state index in [0.29, 0.717) is 0 Å². The molecule has 0 heterocycles. The van der Waals surface area contributed by atoms with Gasteiger partial charge in [-0.3, -0.25) is 0 Å². The van der Waals surface area contributed by atoms with Gasteiger partial charge in [0.2, 0.25) is 0 Å². The van der Waals surface area contributed by atoms with Gasteiger partial charge < -0.3 is 18.4 Å². The average molecular weight is 242 g/mol. The zero-order chi connectivity index (χ0) is 8.81. The molecule has 2 N–H and O–H groups in total. The molecule has 1 aromatic carbocycles. The van der Waals surface area contributed by atoms with Crippen molar-refractivity contribution in [3.05, 3.63) is 35.9 Å². The average Bonchev–Trinajstić information content (AvgIpc) is 2.05. The van der Waals surface area contributed by atoms with Crippen molar-refractivity contribution >= 4 is 24.0 Å². The largest absolute Gasteiger partial charge is 1.00 e. The van der Waals surface area contributed by atoms with Crippen molar-refractivity contribution in [2.75, 3.05) is 0 Å². The summed E-state index contributed by atoms with van der Waals surface area (Å²) in [6.07, 6.45) is 1.60. The Labute approximate surface area is 93.0 Å². The molecule has 0 unspecified atom stereocenters. The number of rotatable bonds is 2. The maximum atomic E-state index is 5.11. The first-order chi connectivity index (χ1) is 5.79. The summed E-state index contributed by atoms with van der Waals surface area (Å²) < 4.78 is 0. The van der Waals surface area contributed by atoms with Crippen molar-refractivity contribution in [1.29, 1.82) is 0 Å². The second-order valence-electron chi connectivity index (χ2n) is 2.09. The summed E-state index contributed by atoms with van der Waals surface area (Å²) in [4.78, 5) is 0. The van der Waals surface area contributed by atoms with Gasteiger partial charge in [0.1, 0.15) is 0 Å². The van der Waals surface area contributed by atoms with Gasteiger partial charge in [0.25, 0.3) is 0 Å². The van der Waals surface area contributed by atoms with Gasteiger partial charge in [-0.05, 0) is 10.7 Å². The van der Waals surface area contributed by atoms with E-state index < -0.39 is 0 Å². The summed E-state index contributed by atoms with van der Waals surface area (Å²) >= 11 is 4.51. The Morgan fingerprint density at radius 2 is 1.92 bits per heavy atom. The van der Waals surface area contributed by atoms with E-state index in [-0.39, 0.29) is 22.2 Å². The third-order valence-electron chi connectivity index (χ3n) is 1.16. The van der Waals surface area contributed by atoms with Crippen LogP contribution in [0.3, 0.4) is 0 Å². The van der Waals surface area contributed by atoms with E-state index in [0.717, 1.165) is 5.56 Å². The van der Waals surface area contributed by atoms with E-state index in [1.165, 1.54) is 0 Å². The van der Waals surface area contributed by atoms with E-state index >= 15 is 0 Å². The predicted molar refractivity (Wildman–Crippen MR) is 53.0 cm³/mol. The zero-order valence-corrected chi connectivity index (χ0v) is 8.40. The summed E-state index contributed by atoms with van der Waals surface area (Å²) in [6.45, 7) is 0. The minimum atomic E-state index is 0. The fourth-order valence-electron chi connectivity index (χ4n) is 0.692. The molecule has 0 aromatic heterocycles. The Hall–Kier alpha value is -0.901. The van der Waals surface area contributed by atoms with Gasteiger partial charge >= 0.3 is 17.1 Å². The van der Waals surface area contributed by atoms with Crippen LogP contribution in [0.15, 0.2) is 40.5 Å². The third-order valence-corrected chi connectivity index (χ3v) is 1.24. The monoisotopic (exact) mass is 241 g/mol. The molecule has 0 saturated carbocycles. The Morgan fingerprint density at radius 3 is 2.46 bits per heavy atom. The molecule has 0 radical (unpaired) electrons. The number of benzene rings is 1. The number of hydrogen-bond acceptors (Lipinski definition) is 3. The van der Waals surface area contributed by atoms with Gasteiger partial charge in [-0.15, -0.1) is 0 Å². The molecule has 13 heavy (non-hydrogen) atoms. The van der Waals surface area contributed by atoms with Crippen molar-refractivity contribution in [2.45, 2.75) is 0 Å². The van der Waals surface area contributed by atoms with E-state index in [9.17, 15) is 0 Å². The van der Waals surface area contributed by atoms with E-state index in [4.69, 9.17) is 5.73 Å².